The number of hydrogen-bond acceptors (Lipinski definition) is 7. The molecule has 0 aromatic carbocycles. The molecule has 5 atom stereocenters. The first-order valence-corrected chi connectivity index (χ1v) is 10.9. The maximum atomic E-state index is 12.9. The minimum atomic E-state index is -1.63. The highest BCUT2D eigenvalue weighted by Crippen LogP contribution is 2.11. The smallest absolute Gasteiger partial charge is 0.305 e. The van der Waals surface area contributed by atoms with Gasteiger partial charge in [-0.3, -0.25) is 28.8 Å². The number of hydrogen-bond donors (Lipinski definition) is 6. The van der Waals surface area contributed by atoms with Crippen molar-refractivity contribution in [1.29, 1.82) is 0 Å². The average molecular weight is 491 g/mol. The molecule has 0 aliphatic rings. The van der Waals surface area contributed by atoms with E-state index >= 15 is 0 Å². The Morgan fingerprint density at radius 2 is 1.41 bits per heavy atom. The number of halogens is 1. The predicted octanol–water partition coefficient (Wildman–Crippen LogP) is -0.652. The minimum Gasteiger partial charge on any atom is -0.481 e. The summed E-state index contributed by atoms with van der Waals surface area (Å²) in [4.78, 5) is 71.7. The largest absolute Gasteiger partial charge is 0.481 e. The van der Waals surface area contributed by atoms with E-state index in [9.17, 15) is 33.2 Å². The van der Waals surface area contributed by atoms with Gasteiger partial charge < -0.3 is 31.9 Å². The number of Topliss-reactive ketones (excluding diaryl/α,β-unsaturated/α-hetero) is 1. The molecule has 0 radical (unpaired) electrons. The van der Waals surface area contributed by atoms with Gasteiger partial charge in [-0.1, -0.05) is 34.1 Å². The number of ketones is 1. The van der Waals surface area contributed by atoms with E-state index in [1.807, 2.05) is 0 Å². The summed E-state index contributed by atoms with van der Waals surface area (Å²) in [6, 6.07) is -5.19. The number of nitrogens with two attached hydrogens (primary N) is 1. The Morgan fingerprint density at radius 1 is 0.853 bits per heavy atom. The third kappa shape index (κ3) is 10.7. The molecule has 13 heteroatoms. The lowest BCUT2D eigenvalue weighted by atomic mass is 9.96. The lowest BCUT2D eigenvalue weighted by Crippen LogP contribution is -2.59. The van der Waals surface area contributed by atoms with Gasteiger partial charge in [0.05, 0.1) is 12.5 Å². The number of aliphatic carboxylic acids is 2. The summed E-state index contributed by atoms with van der Waals surface area (Å²) >= 11 is 0. The van der Waals surface area contributed by atoms with Crippen LogP contribution in [0.25, 0.3) is 0 Å². The van der Waals surface area contributed by atoms with Crippen LogP contribution in [0, 0.1) is 11.8 Å². The second kappa shape index (κ2) is 14.9. The Morgan fingerprint density at radius 3 is 1.85 bits per heavy atom. The van der Waals surface area contributed by atoms with Gasteiger partial charge in [0.1, 0.15) is 24.8 Å². The molecule has 12 nitrogen and oxygen atoms in total. The summed E-state index contributed by atoms with van der Waals surface area (Å²) in [5.74, 6) is -7.02. The van der Waals surface area contributed by atoms with Crippen LogP contribution in [0.5, 0.6) is 0 Å². The SMILES string of the molecule is CC[C@H](C)[C@H](NC(=O)[C@H](CCC(=O)O)NC(=O)[C@@H](N)C(C)C)C(=O)N[C@@H](CC(=O)O)C(=O)CF. The van der Waals surface area contributed by atoms with Crippen LogP contribution >= 0.6 is 0 Å². The molecular formula is C21H35FN4O8. The van der Waals surface area contributed by atoms with E-state index < -0.39 is 85.0 Å². The molecule has 7 N–H and O–H groups in total. The van der Waals surface area contributed by atoms with E-state index in [1.165, 1.54) is 0 Å². The minimum absolute atomic E-state index is 0.263. The normalized spacial score (nSPS) is 15.4. The van der Waals surface area contributed by atoms with Crippen molar-refractivity contribution in [2.45, 2.75) is 77.5 Å². The summed E-state index contributed by atoms with van der Waals surface area (Å²) < 4.78 is 12.8. The fraction of sp³-hybridized carbons (Fsp3) is 0.714. The van der Waals surface area contributed by atoms with Gasteiger partial charge in [0.15, 0.2) is 5.78 Å². The zero-order chi connectivity index (χ0) is 26.6. The van der Waals surface area contributed by atoms with Crippen molar-refractivity contribution >= 4 is 35.4 Å². The molecule has 0 heterocycles. The number of alkyl halides is 1. The topological polar surface area (TPSA) is 205 Å². The van der Waals surface area contributed by atoms with Crippen LogP contribution in [0.2, 0.25) is 0 Å². The van der Waals surface area contributed by atoms with Crippen LogP contribution in [0.1, 0.15) is 53.4 Å². The van der Waals surface area contributed by atoms with Crippen molar-refractivity contribution in [3.8, 4) is 0 Å². The van der Waals surface area contributed by atoms with Gasteiger partial charge in [-0.2, -0.15) is 0 Å². The molecule has 0 rings (SSSR count). The first-order chi connectivity index (χ1) is 15.7. The monoisotopic (exact) mass is 490 g/mol. The number of amides is 3. The number of carboxylic acids is 2. The molecule has 0 bridgehead atoms. The fourth-order valence-corrected chi connectivity index (χ4v) is 2.84. The zero-order valence-electron chi connectivity index (χ0n) is 19.8. The van der Waals surface area contributed by atoms with Gasteiger partial charge >= 0.3 is 11.9 Å². The van der Waals surface area contributed by atoms with Gasteiger partial charge in [0.2, 0.25) is 17.7 Å². The molecule has 0 aromatic heterocycles. The number of nitrogens with one attached hydrogen (secondary N) is 3. The summed E-state index contributed by atoms with van der Waals surface area (Å²) in [6.45, 7) is 5.20. The predicted molar refractivity (Wildman–Crippen MR) is 118 cm³/mol. The molecule has 3 amide bonds. The second-order valence-corrected chi connectivity index (χ2v) is 8.39. The highest BCUT2D eigenvalue weighted by atomic mass is 19.1. The molecular weight excluding hydrogens is 455 g/mol. The van der Waals surface area contributed by atoms with Crippen LogP contribution < -0.4 is 21.7 Å². The molecule has 0 saturated carbocycles. The van der Waals surface area contributed by atoms with E-state index in [2.05, 4.69) is 16.0 Å². The quantitative estimate of drug-likeness (QED) is 0.162. The molecule has 0 saturated heterocycles. The molecule has 0 aliphatic carbocycles. The lowest BCUT2D eigenvalue weighted by Gasteiger charge is -2.28. The van der Waals surface area contributed by atoms with Gasteiger partial charge in [-0.05, 0) is 18.3 Å². The Balaban J connectivity index is 5.71. The first-order valence-electron chi connectivity index (χ1n) is 10.9. The number of carbonyl (C=O) groups is 6. The second-order valence-electron chi connectivity index (χ2n) is 8.39. The Kier molecular flexibility index (Phi) is 13.6. The molecule has 0 spiro atoms. The zero-order valence-corrected chi connectivity index (χ0v) is 19.8. The molecule has 0 aromatic rings. The maximum absolute atomic E-state index is 12.9. The third-order valence-corrected chi connectivity index (χ3v) is 5.31. The van der Waals surface area contributed by atoms with Crippen LogP contribution in [0.3, 0.4) is 0 Å². The summed E-state index contributed by atoms with van der Waals surface area (Å²) in [5, 5.41) is 24.9. The van der Waals surface area contributed by atoms with E-state index in [4.69, 9.17) is 15.9 Å². The average Bonchev–Trinajstić information content (AvgIpc) is 2.76. The Hall–Kier alpha value is -3.09. The highest BCUT2D eigenvalue weighted by Gasteiger charge is 2.33. The summed E-state index contributed by atoms with van der Waals surface area (Å²) in [7, 11) is 0. The van der Waals surface area contributed by atoms with Crippen molar-refractivity contribution in [2.24, 2.45) is 17.6 Å². The third-order valence-electron chi connectivity index (χ3n) is 5.31. The van der Waals surface area contributed by atoms with Crippen molar-refractivity contribution in [1.82, 2.24) is 16.0 Å². The number of carboxylic acid groups (broad SMARTS) is 2. The van der Waals surface area contributed by atoms with Gasteiger partial charge in [-0.15, -0.1) is 0 Å². The van der Waals surface area contributed by atoms with Crippen molar-refractivity contribution < 1.29 is 43.4 Å². The van der Waals surface area contributed by atoms with Gasteiger partial charge in [0, 0.05) is 6.42 Å². The van der Waals surface area contributed by atoms with Crippen molar-refractivity contribution in [3.63, 3.8) is 0 Å². The molecule has 0 unspecified atom stereocenters. The number of carbonyl (C=O) groups excluding carboxylic acids is 4. The molecule has 194 valence electrons. The highest BCUT2D eigenvalue weighted by molar-refractivity contribution is 5.96. The van der Waals surface area contributed by atoms with E-state index in [0.29, 0.717) is 6.42 Å². The lowest BCUT2D eigenvalue weighted by molar-refractivity contribution is -0.141. The number of rotatable bonds is 16. The Bertz CT molecular complexity index is 761. The van der Waals surface area contributed by atoms with E-state index in [1.54, 1.807) is 27.7 Å². The van der Waals surface area contributed by atoms with Crippen LogP contribution in [0.4, 0.5) is 4.39 Å². The maximum Gasteiger partial charge on any atom is 0.305 e. The van der Waals surface area contributed by atoms with Crippen LogP contribution in [-0.2, 0) is 28.8 Å². The summed E-state index contributed by atoms with van der Waals surface area (Å²) in [5.41, 5.74) is 5.78. The van der Waals surface area contributed by atoms with Crippen LogP contribution in [0.15, 0.2) is 0 Å². The fourth-order valence-electron chi connectivity index (χ4n) is 2.84. The molecule has 0 fully saturated rings. The van der Waals surface area contributed by atoms with Gasteiger partial charge in [0.25, 0.3) is 0 Å². The van der Waals surface area contributed by atoms with E-state index in [-0.39, 0.29) is 12.3 Å². The van der Waals surface area contributed by atoms with Crippen LogP contribution in [-0.4, -0.2) is 76.5 Å². The summed E-state index contributed by atoms with van der Waals surface area (Å²) in [6.07, 6.45) is -1.21. The van der Waals surface area contributed by atoms with E-state index in [0.717, 1.165) is 0 Å². The molecule has 0 aliphatic heterocycles. The standard InChI is InChI=1S/C21H35FN4O8/c1-5-11(4)18(21(34)25-13(8-16(30)31)14(27)9-22)26-19(32)12(6-7-15(28)29)24-20(33)17(23)10(2)3/h10-13,17-18H,5-9,23H2,1-4H3,(H,24,33)(H,25,34)(H,26,32)(H,28,29)(H,30,31)/t11-,12-,13-,17-,18-/m0/s1. The first kappa shape index (κ1) is 30.9. The van der Waals surface area contributed by atoms with Crippen molar-refractivity contribution in [3.05, 3.63) is 0 Å². The molecule has 34 heavy (non-hydrogen) atoms. The van der Waals surface area contributed by atoms with Crippen molar-refractivity contribution in [2.75, 3.05) is 6.67 Å². The Labute approximate surface area is 197 Å². The van der Waals surface area contributed by atoms with Gasteiger partial charge in [-0.25, -0.2) is 4.39 Å².